The largest absolute Gasteiger partial charge is 0.495 e. The summed E-state index contributed by atoms with van der Waals surface area (Å²) in [5.41, 5.74) is 0.570. The van der Waals surface area contributed by atoms with Crippen molar-refractivity contribution in [1.82, 2.24) is 0 Å². The van der Waals surface area contributed by atoms with E-state index in [0.29, 0.717) is 23.9 Å². The van der Waals surface area contributed by atoms with Gasteiger partial charge in [-0.05, 0) is 99.5 Å². The van der Waals surface area contributed by atoms with E-state index in [2.05, 4.69) is 25.0 Å². The smallest absolute Gasteiger partial charge is 0.130 e. The van der Waals surface area contributed by atoms with Crippen LogP contribution in [-0.2, 0) is 4.74 Å². The van der Waals surface area contributed by atoms with Crippen LogP contribution in [0.25, 0.3) is 0 Å². The molecule has 2 heteroatoms. The van der Waals surface area contributed by atoms with E-state index in [1.54, 1.807) is 5.57 Å². The maximum atomic E-state index is 11.1. The van der Waals surface area contributed by atoms with E-state index in [1.807, 2.05) is 0 Å². The molecule has 3 saturated carbocycles. The van der Waals surface area contributed by atoms with Gasteiger partial charge in [0.1, 0.15) is 5.60 Å². The van der Waals surface area contributed by atoms with Crippen molar-refractivity contribution in [3.05, 3.63) is 23.5 Å². The predicted octanol–water partition coefficient (Wildman–Crippen LogP) is 5.38. The van der Waals surface area contributed by atoms with E-state index in [4.69, 9.17) is 11.2 Å². The summed E-state index contributed by atoms with van der Waals surface area (Å²) < 4.78 is 6.33. The highest BCUT2D eigenvalue weighted by Crippen LogP contribution is 2.64. The van der Waals surface area contributed by atoms with Crippen LogP contribution in [-0.4, -0.2) is 16.8 Å². The summed E-state index contributed by atoms with van der Waals surface area (Å²) in [4.78, 5) is 0. The Kier molecular flexibility index (Phi) is 4.24. The van der Waals surface area contributed by atoms with Crippen LogP contribution in [0.15, 0.2) is 23.5 Å². The predicted molar refractivity (Wildman–Crippen MR) is 108 cm³/mol. The van der Waals surface area contributed by atoms with Crippen molar-refractivity contribution in [1.29, 1.82) is 0 Å². The van der Waals surface area contributed by atoms with Crippen LogP contribution in [0.3, 0.4) is 0 Å². The summed E-state index contributed by atoms with van der Waals surface area (Å²) in [5.74, 6) is 6.77. The minimum absolute atomic E-state index is 0.0878. The number of aliphatic hydroxyl groups is 1. The number of hydrogen-bond acceptors (Lipinski definition) is 2. The highest BCUT2D eigenvalue weighted by molar-refractivity contribution is 5.32. The molecule has 0 spiro atoms. The van der Waals surface area contributed by atoms with Crippen LogP contribution in [0.4, 0.5) is 0 Å². The summed E-state index contributed by atoms with van der Waals surface area (Å²) >= 11 is 0. The minimum Gasteiger partial charge on any atom is -0.495 e. The van der Waals surface area contributed by atoms with Gasteiger partial charge in [-0.1, -0.05) is 18.9 Å². The average Bonchev–Trinajstić information content (AvgIpc) is 3.28. The second-order valence-electron chi connectivity index (χ2n) is 10.2. The lowest BCUT2D eigenvalue weighted by molar-refractivity contribution is -0.0805. The van der Waals surface area contributed by atoms with Crippen molar-refractivity contribution in [3.63, 3.8) is 0 Å². The fourth-order valence-electron chi connectivity index (χ4n) is 7.50. The highest BCUT2D eigenvalue weighted by Gasteiger charge is 2.61. The van der Waals surface area contributed by atoms with Gasteiger partial charge in [0.25, 0.3) is 0 Å². The summed E-state index contributed by atoms with van der Waals surface area (Å²) in [6.07, 6.45) is 24.0. The number of rotatable bonds is 2. The average molecular weight is 367 g/mol. The Hall–Kier alpha value is -1.20. The number of terminal acetylenes is 1. The van der Waals surface area contributed by atoms with Gasteiger partial charge in [-0.2, -0.15) is 0 Å². The number of hydrogen-bond donors (Lipinski definition) is 1. The third kappa shape index (κ3) is 2.65. The summed E-state index contributed by atoms with van der Waals surface area (Å²) in [6.45, 7) is 2.27. The molecule has 4 unspecified atom stereocenters. The van der Waals surface area contributed by atoms with Gasteiger partial charge < -0.3 is 9.84 Å². The zero-order valence-electron chi connectivity index (χ0n) is 16.8. The van der Waals surface area contributed by atoms with Gasteiger partial charge in [0.05, 0.1) is 11.9 Å². The molecule has 5 rings (SSSR count). The molecule has 6 atom stereocenters. The Balaban J connectivity index is 1.36. The second kappa shape index (κ2) is 6.41. The molecule has 0 aliphatic heterocycles. The molecule has 5 aliphatic rings. The lowest BCUT2D eigenvalue weighted by Gasteiger charge is -2.53. The highest BCUT2D eigenvalue weighted by atomic mass is 16.5. The van der Waals surface area contributed by atoms with E-state index in [1.165, 1.54) is 44.3 Å². The summed E-state index contributed by atoms with van der Waals surface area (Å²) in [6, 6.07) is 0. The maximum absolute atomic E-state index is 11.1. The molecule has 0 bridgehead atoms. The maximum Gasteiger partial charge on any atom is 0.130 e. The summed E-state index contributed by atoms with van der Waals surface area (Å²) in [5, 5.41) is 11.1. The third-order valence-electron chi connectivity index (χ3n) is 9.10. The van der Waals surface area contributed by atoms with Crippen molar-refractivity contribution in [2.75, 3.05) is 0 Å². The molecule has 5 aliphatic carbocycles. The van der Waals surface area contributed by atoms with Crippen molar-refractivity contribution >= 4 is 0 Å². The first-order chi connectivity index (χ1) is 13.0. The number of allylic oxidation sites excluding steroid dienone is 4. The topological polar surface area (TPSA) is 29.5 Å². The number of ether oxygens (including phenoxy) is 1. The van der Waals surface area contributed by atoms with Crippen LogP contribution in [0.2, 0.25) is 0 Å². The second-order valence-corrected chi connectivity index (χ2v) is 10.2. The quantitative estimate of drug-likeness (QED) is 0.665. The summed E-state index contributed by atoms with van der Waals surface area (Å²) in [7, 11) is 0. The minimum atomic E-state index is -0.888. The molecule has 0 heterocycles. The van der Waals surface area contributed by atoms with Crippen molar-refractivity contribution < 1.29 is 9.84 Å². The molecule has 0 aromatic rings. The van der Waals surface area contributed by atoms with Crippen molar-refractivity contribution in [3.8, 4) is 12.3 Å². The molecule has 0 radical (unpaired) electrons. The molecule has 0 aromatic carbocycles. The van der Waals surface area contributed by atoms with Crippen LogP contribution in [0, 0.1) is 41.4 Å². The Morgan fingerprint density at radius 1 is 1.11 bits per heavy atom. The molecule has 146 valence electrons. The first kappa shape index (κ1) is 17.9. The van der Waals surface area contributed by atoms with Crippen LogP contribution < -0.4 is 0 Å². The molecular weight excluding hydrogens is 332 g/mol. The first-order valence-corrected chi connectivity index (χ1v) is 11.3. The molecule has 1 N–H and O–H groups in total. The standard InChI is InChI=1S/C25H34O2/c1-3-25(26)15-13-23-22-10-8-17-16-19(27-18-6-4-5-7-18)9-11-20(17)21(22)12-14-24(23,25)2/h1,8,16,18,20-23,26H,4-7,9-15H2,2H3/t20?,21?,22?,23?,24-,25-/m0/s1. The van der Waals surface area contributed by atoms with Gasteiger partial charge >= 0.3 is 0 Å². The molecule has 0 amide bonds. The normalized spacial score (nSPS) is 46.6. The van der Waals surface area contributed by atoms with E-state index in [0.717, 1.165) is 38.0 Å². The number of fused-ring (bicyclic) bond motifs is 5. The lowest BCUT2D eigenvalue weighted by Crippen LogP contribution is -2.51. The van der Waals surface area contributed by atoms with Gasteiger partial charge in [0, 0.05) is 11.8 Å². The van der Waals surface area contributed by atoms with Gasteiger partial charge in [-0.3, -0.25) is 0 Å². The molecule has 2 nitrogen and oxygen atoms in total. The zero-order chi connectivity index (χ0) is 18.6. The van der Waals surface area contributed by atoms with Gasteiger partial charge in [-0.15, -0.1) is 6.42 Å². The van der Waals surface area contributed by atoms with Crippen LogP contribution in [0.5, 0.6) is 0 Å². The Labute approximate surface area is 164 Å². The van der Waals surface area contributed by atoms with Crippen molar-refractivity contribution in [2.45, 2.75) is 89.3 Å². The molecule has 27 heavy (non-hydrogen) atoms. The van der Waals surface area contributed by atoms with Crippen molar-refractivity contribution in [2.24, 2.45) is 29.1 Å². The van der Waals surface area contributed by atoms with Crippen LogP contribution in [0.1, 0.15) is 77.6 Å². The Bertz CT molecular complexity index is 706. The fraction of sp³-hybridized carbons (Fsp3) is 0.760. The van der Waals surface area contributed by atoms with E-state index in [9.17, 15) is 5.11 Å². The monoisotopic (exact) mass is 366 g/mol. The van der Waals surface area contributed by atoms with E-state index < -0.39 is 5.60 Å². The third-order valence-corrected chi connectivity index (χ3v) is 9.10. The zero-order valence-corrected chi connectivity index (χ0v) is 16.8. The van der Waals surface area contributed by atoms with Gasteiger partial charge in [0.2, 0.25) is 0 Å². The van der Waals surface area contributed by atoms with E-state index >= 15 is 0 Å². The molecule has 3 fully saturated rings. The van der Waals surface area contributed by atoms with Crippen LogP contribution >= 0.6 is 0 Å². The van der Waals surface area contributed by atoms with Gasteiger partial charge in [0.15, 0.2) is 0 Å². The molecule has 0 saturated heterocycles. The fourth-order valence-corrected chi connectivity index (χ4v) is 7.50. The van der Waals surface area contributed by atoms with Gasteiger partial charge in [-0.25, -0.2) is 0 Å². The molecule has 0 aromatic heterocycles. The lowest BCUT2D eigenvalue weighted by atomic mass is 9.51. The Morgan fingerprint density at radius 3 is 2.70 bits per heavy atom. The van der Waals surface area contributed by atoms with E-state index in [-0.39, 0.29) is 5.41 Å². The SMILES string of the molecule is C#C[C@]1(O)CCC2C3CC=C4C=C(OC5CCCC5)CCC4C3CC[C@@]21C. The Morgan fingerprint density at radius 2 is 1.93 bits per heavy atom. The molecular formula is C25H34O2. The first-order valence-electron chi connectivity index (χ1n) is 11.3.